The van der Waals surface area contributed by atoms with E-state index in [0.29, 0.717) is 11.1 Å². The summed E-state index contributed by atoms with van der Waals surface area (Å²) in [6, 6.07) is 3.42. The first-order chi connectivity index (χ1) is 7.63. The van der Waals surface area contributed by atoms with Crippen molar-refractivity contribution in [1.82, 2.24) is 5.32 Å². The molecule has 0 aliphatic carbocycles. The van der Waals surface area contributed by atoms with E-state index in [2.05, 4.69) is 10.6 Å². The van der Waals surface area contributed by atoms with Crippen LogP contribution in [-0.2, 0) is 0 Å². The molecular formula is C12H16N2O2. The molecular weight excluding hydrogens is 204 g/mol. The lowest BCUT2D eigenvalue weighted by atomic mass is 10.0. The molecule has 16 heavy (non-hydrogen) atoms. The van der Waals surface area contributed by atoms with Crippen molar-refractivity contribution in [3.05, 3.63) is 28.8 Å². The van der Waals surface area contributed by atoms with Gasteiger partial charge in [-0.2, -0.15) is 0 Å². The molecule has 1 heterocycles. The van der Waals surface area contributed by atoms with E-state index < -0.39 is 0 Å². The molecule has 4 nitrogen and oxygen atoms in total. The molecule has 0 fully saturated rings. The third-order valence-electron chi connectivity index (χ3n) is 2.35. The predicted octanol–water partition coefficient (Wildman–Crippen LogP) is 1.95. The van der Waals surface area contributed by atoms with E-state index >= 15 is 0 Å². The smallest absolute Gasteiger partial charge is 0.259 e. The molecule has 0 atom stereocenters. The van der Waals surface area contributed by atoms with Gasteiger partial charge in [-0.15, -0.1) is 0 Å². The Morgan fingerprint density at radius 1 is 1.06 bits per heavy atom. The molecule has 0 saturated carbocycles. The number of amides is 2. The normalized spacial score (nSPS) is 12.5. The van der Waals surface area contributed by atoms with Crippen LogP contribution in [0.25, 0.3) is 0 Å². The van der Waals surface area contributed by atoms with Crippen LogP contribution in [-0.4, -0.2) is 18.9 Å². The van der Waals surface area contributed by atoms with E-state index in [4.69, 9.17) is 0 Å². The molecule has 0 unspecified atom stereocenters. The molecule has 0 radical (unpaired) electrons. The van der Waals surface area contributed by atoms with Crippen molar-refractivity contribution in [3.8, 4) is 0 Å². The molecule has 0 bridgehead atoms. The maximum Gasteiger partial charge on any atom is 0.259 e. The fourth-order valence-corrected chi connectivity index (χ4v) is 1.59. The Labute approximate surface area is 95.0 Å². The van der Waals surface area contributed by atoms with Gasteiger partial charge < -0.3 is 5.32 Å². The summed E-state index contributed by atoms with van der Waals surface area (Å²) >= 11 is 0. The third kappa shape index (κ3) is 1.91. The molecule has 1 aromatic carbocycles. The van der Waals surface area contributed by atoms with E-state index in [0.717, 1.165) is 11.3 Å². The van der Waals surface area contributed by atoms with E-state index in [1.165, 1.54) is 0 Å². The van der Waals surface area contributed by atoms with E-state index in [1.54, 1.807) is 19.2 Å². The quantitative estimate of drug-likeness (QED) is 0.711. The number of hydrogen-bond donors (Lipinski definition) is 2. The van der Waals surface area contributed by atoms with Crippen LogP contribution in [0.1, 0.15) is 40.1 Å². The van der Waals surface area contributed by atoms with Crippen LogP contribution >= 0.6 is 0 Å². The van der Waals surface area contributed by atoms with Crippen molar-refractivity contribution in [2.45, 2.75) is 20.8 Å². The molecule has 0 aromatic heterocycles. The van der Waals surface area contributed by atoms with Crippen molar-refractivity contribution in [1.29, 1.82) is 0 Å². The Hall–Kier alpha value is -1.84. The van der Waals surface area contributed by atoms with Gasteiger partial charge in [-0.05, 0) is 24.6 Å². The van der Waals surface area contributed by atoms with Gasteiger partial charge in [-0.1, -0.05) is 13.8 Å². The van der Waals surface area contributed by atoms with Crippen LogP contribution in [0.3, 0.4) is 0 Å². The highest BCUT2D eigenvalue weighted by atomic mass is 16.2. The maximum absolute atomic E-state index is 11.3. The van der Waals surface area contributed by atoms with E-state index in [1.807, 2.05) is 20.8 Å². The fourth-order valence-electron chi connectivity index (χ4n) is 1.59. The lowest BCUT2D eigenvalue weighted by Gasteiger charge is -2.05. The highest BCUT2D eigenvalue weighted by Gasteiger charge is 2.27. The average Bonchev–Trinajstić information content (AvgIpc) is 2.56. The second-order valence-electron chi connectivity index (χ2n) is 3.25. The molecule has 1 aromatic rings. The first-order valence-electron chi connectivity index (χ1n) is 5.31. The molecule has 1 aliphatic heterocycles. The summed E-state index contributed by atoms with van der Waals surface area (Å²) in [5, 5.41) is 5.22. The van der Waals surface area contributed by atoms with Crippen molar-refractivity contribution in [2.24, 2.45) is 0 Å². The van der Waals surface area contributed by atoms with Gasteiger partial charge in [0.2, 0.25) is 0 Å². The zero-order valence-electron chi connectivity index (χ0n) is 9.97. The molecule has 2 amide bonds. The number of fused-ring (bicyclic) bond motifs is 1. The highest BCUT2D eigenvalue weighted by Crippen LogP contribution is 2.23. The number of anilines is 1. The van der Waals surface area contributed by atoms with E-state index in [-0.39, 0.29) is 11.8 Å². The summed E-state index contributed by atoms with van der Waals surface area (Å²) in [6.07, 6.45) is 0. The first-order valence-corrected chi connectivity index (χ1v) is 5.31. The van der Waals surface area contributed by atoms with Crippen LogP contribution in [0.5, 0.6) is 0 Å². The number of nitrogens with one attached hydrogen (secondary N) is 2. The standard InChI is InChI=1S/C10H10N2O2.C2H6/c1-5-3-6-7(4-8(5)11-2)10(14)12-9(6)13;1-2/h3-4,11H,1-2H3,(H,12,13,14);1-2H3. The van der Waals surface area contributed by atoms with Crippen molar-refractivity contribution >= 4 is 17.5 Å². The molecule has 0 saturated heterocycles. The molecule has 2 N–H and O–H groups in total. The number of benzene rings is 1. The van der Waals surface area contributed by atoms with Gasteiger partial charge >= 0.3 is 0 Å². The topological polar surface area (TPSA) is 58.2 Å². The van der Waals surface area contributed by atoms with Gasteiger partial charge in [-0.3, -0.25) is 14.9 Å². The molecule has 2 rings (SSSR count). The summed E-state index contributed by atoms with van der Waals surface area (Å²) in [5.74, 6) is -0.628. The van der Waals surface area contributed by atoms with E-state index in [9.17, 15) is 9.59 Å². The Bertz CT molecular complexity index is 439. The lowest BCUT2D eigenvalue weighted by molar-refractivity contribution is 0.0879. The molecule has 0 spiro atoms. The monoisotopic (exact) mass is 220 g/mol. The number of rotatable bonds is 1. The van der Waals surface area contributed by atoms with Crippen LogP contribution in [0.4, 0.5) is 5.69 Å². The van der Waals surface area contributed by atoms with Crippen LogP contribution in [0, 0.1) is 6.92 Å². The van der Waals surface area contributed by atoms with Crippen LogP contribution < -0.4 is 10.6 Å². The van der Waals surface area contributed by atoms with Crippen molar-refractivity contribution < 1.29 is 9.59 Å². The van der Waals surface area contributed by atoms with Gasteiger partial charge in [0.05, 0.1) is 11.1 Å². The average molecular weight is 220 g/mol. The molecule has 86 valence electrons. The molecule has 4 heteroatoms. The molecule has 1 aliphatic rings. The minimum Gasteiger partial charge on any atom is -0.388 e. The van der Waals surface area contributed by atoms with Gasteiger partial charge in [0.25, 0.3) is 11.8 Å². The zero-order chi connectivity index (χ0) is 12.3. The summed E-state index contributed by atoms with van der Waals surface area (Å²) in [7, 11) is 1.78. The number of carbonyl (C=O) groups is 2. The minimum absolute atomic E-state index is 0.309. The lowest BCUT2D eigenvalue weighted by Crippen LogP contribution is -2.19. The van der Waals surface area contributed by atoms with Gasteiger partial charge in [0.1, 0.15) is 0 Å². The van der Waals surface area contributed by atoms with Crippen molar-refractivity contribution in [2.75, 3.05) is 12.4 Å². The largest absolute Gasteiger partial charge is 0.388 e. The van der Waals surface area contributed by atoms with Crippen LogP contribution in [0.15, 0.2) is 12.1 Å². The van der Waals surface area contributed by atoms with Gasteiger partial charge in [0.15, 0.2) is 0 Å². The van der Waals surface area contributed by atoms with Crippen molar-refractivity contribution in [3.63, 3.8) is 0 Å². The fraction of sp³-hybridized carbons (Fsp3) is 0.333. The maximum atomic E-state index is 11.3. The number of hydrogen-bond acceptors (Lipinski definition) is 3. The Balaban J connectivity index is 0.000000606. The second kappa shape index (κ2) is 4.79. The number of imide groups is 1. The van der Waals surface area contributed by atoms with Gasteiger partial charge in [-0.25, -0.2) is 0 Å². The highest BCUT2D eigenvalue weighted by molar-refractivity contribution is 6.22. The van der Waals surface area contributed by atoms with Crippen LogP contribution in [0.2, 0.25) is 0 Å². The Kier molecular flexibility index (Phi) is 3.66. The summed E-state index contributed by atoms with van der Waals surface area (Å²) < 4.78 is 0. The number of carbonyl (C=O) groups excluding carboxylic acids is 2. The summed E-state index contributed by atoms with van der Waals surface area (Å²) in [5.41, 5.74) is 2.74. The first kappa shape index (κ1) is 12.2. The predicted molar refractivity (Wildman–Crippen MR) is 63.9 cm³/mol. The second-order valence-corrected chi connectivity index (χ2v) is 3.25. The minimum atomic E-state index is -0.318. The third-order valence-corrected chi connectivity index (χ3v) is 2.35. The summed E-state index contributed by atoms with van der Waals surface area (Å²) in [4.78, 5) is 22.6. The SMILES string of the molecule is CC.CNc1cc2c(cc1C)C(=O)NC2=O. The summed E-state index contributed by atoms with van der Waals surface area (Å²) in [6.45, 7) is 5.89. The van der Waals surface area contributed by atoms with Gasteiger partial charge in [0, 0.05) is 12.7 Å². The Morgan fingerprint density at radius 2 is 1.56 bits per heavy atom. The number of aryl methyl sites for hydroxylation is 1. The Morgan fingerprint density at radius 3 is 2.06 bits per heavy atom. The zero-order valence-corrected chi connectivity index (χ0v) is 9.97.